The van der Waals surface area contributed by atoms with Crippen molar-refractivity contribution < 1.29 is 13.9 Å². The fourth-order valence-electron chi connectivity index (χ4n) is 1.61. The summed E-state index contributed by atoms with van der Waals surface area (Å²) in [6, 6.07) is 3.84. The van der Waals surface area contributed by atoms with Crippen LogP contribution in [0.5, 0.6) is 0 Å². The van der Waals surface area contributed by atoms with Gasteiger partial charge < -0.3 is 14.5 Å². The Morgan fingerprint density at radius 1 is 1.63 bits per heavy atom. The smallest absolute Gasteiger partial charge is 0.305 e. The van der Waals surface area contributed by atoms with Crippen LogP contribution in [-0.4, -0.2) is 18.1 Å². The fourth-order valence-corrected chi connectivity index (χ4v) is 2.45. The zero-order chi connectivity index (χ0) is 13.7. The van der Waals surface area contributed by atoms with Gasteiger partial charge in [0.05, 0.1) is 31.5 Å². The molecule has 0 radical (unpaired) electrons. The van der Waals surface area contributed by atoms with Crippen LogP contribution in [-0.2, 0) is 16.0 Å². The van der Waals surface area contributed by atoms with E-state index in [1.54, 1.807) is 6.26 Å². The lowest BCUT2D eigenvalue weighted by atomic mass is 10.2. The van der Waals surface area contributed by atoms with Gasteiger partial charge in [0, 0.05) is 11.8 Å². The second-order valence-electron chi connectivity index (χ2n) is 4.10. The van der Waals surface area contributed by atoms with E-state index >= 15 is 0 Å². The molecule has 6 heteroatoms. The zero-order valence-electron chi connectivity index (χ0n) is 10.9. The highest BCUT2D eigenvalue weighted by Gasteiger charge is 2.11. The maximum absolute atomic E-state index is 11.1. The van der Waals surface area contributed by atoms with Gasteiger partial charge in [-0.15, -0.1) is 11.3 Å². The minimum absolute atomic E-state index is 0.0645. The molecule has 2 aromatic heterocycles. The number of aryl methyl sites for hydroxylation is 1. The molecule has 0 aliphatic heterocycles. The standard InChI is InChI=1S/C13H16N2O3S/c1-9(11-4-3-7-18-11)14-13-15-10(8-19-13)5-6-12(16)17-2/h3-4,7-9H,5-6H2,1-2H3,(H,14,15). The summed E-state index contributed by atoms with van der Waals surface area (Å²) in [5.41, 5.74) is 0.893. The van der Waals surface area contributed by atoms with Crippen LogP contribution in [0.4, 0.5) is 5.13 Å². The van der Waals surface area contributed by atoms with E-state index in [0.29, 0.717) is 12.8 Å². The van der Waals surface area contributed by atoms with Crippen molar-refractivity contribution in [3.8, 4) is 0 Å². The maximum atomic E-state index is 11.1. The van der Waals surface area contributed by atoms with Gasteiger partial charge in [-0.1, -0.05) is 0 Å². The number of ether oxygens (including phenoxy) is 1. The minimum Gasteiger partial charge on any atom is -0.469 e. The molecule has 1 atom stereocenters. The van der Waals surface area contributed by atoms with Gasteiger partial charge in [-0.2, -0.15) is 0 Å². The van der Waals surface area contributed by atoms with Gasteiger partial charge in [0.25, 0.3) is 0 Å². The Morgan fingerprint density at radius 2 is 2.47 bits per heavy atom. The minimum atomic E-state index is -0.216. The van der Waals surface area contributed by atoms with E-state index in [1.807, 2.05) is 24.4 Å². The molecule has 1 unspecified atom stereocenters. The number of nitrogens with one attached hydrogen (secondary N) is 1. The van der Waals surface area contributed by atoms with Crippen LogP contribution in [0.3, 0.4) is 0 Å². The Kier molecular flexibility index (Phi) is 4.57. The lowest BCUT2D eigenvalue weighted by molar-refractivity contribution is -0.140. The molecule has 5 nitrogen and oxygen atoms in total. The summed E-state index contributed by atoms with van der Waals surface area (Å²) < 4.78 is 9.92. The first kappa shape index (κ1) is 13.6. The molecule has 0 bridgehead atoms. The van der Waals surface area contributed by atoms with Gasteiger partial charge in [0.1, 0.15) is 5.76 Å². The molecule has 0 fully saturated rings. The third-order valence-electron chi connectivity index (χ3n) is 2.67. The molecule has 0 saturated heterocycles. The van der Waals surface area contributed by atoms with E-state index in [4.69, 9.17) is 4.42 Å². The number of carbonyl (C=O) groups is 1. The largest absolute Gasteiger partial charge is 0.469 e. The molecule has 0 aromatic carbocycles. The van der Waals surface area contributed by atoms with Gasteiger partial charge in [-0.3, -0.25) is 4.79 Å². The molecule has 0 spiro atoms. The third-order valence-corrected chi connectivity index (χ3v) is 3.50. The first-order valence-electron chi connectivity index (χ1n) is 6.00. The summed E-state index contributed by atoms with van der Waals surface area (Å²) in [6.07, 6.45) is 2.60. The summed E-state index contributed by atoms with van der Waals surface area (Å²) in [4.78, 5) is 15.5. The number of esters is 1. The number of methoxy groups -OCH3 is 1. The van der Waals surface area contributed by atoms with Crippen molar-refractivity contribution >= 4 is 22.4 Å². The summed E-state index contributed by atoms with van der Waals surface area (Å²) in [5.74, 6) is 0.651. The number of nitrogens with zero attached hydrogens (tertiary/aromatic N) is 1. The van der Waals surface area contributed by atoms with Gasteiger partial charge in [0.2, 0.25) is 0 Å². The number of carbonyl (C=O) groups excluding carboxylic acids is 1. The molecular weight excluding hydrogens is 264 g/mol. The molecule has 0 aliphatic carbocycles. The van der Waals surface area contributed by atoms with E-state index in [2.05, 4.69) is 15.0 Å². The highest BCUT2D eigenvalue weighted by atomic mass is 32.1. The molecule has 0 aliphatic rings. The van der Waals surface area contributed by atoms with Crippen LogP contribution in [0, 0.1) is 0 Å². The van der Waals surface area contributed by atoms with Crippen LogP contribution in [0.2, 0.25) is 0 Å². The maximum Gasteiger partial charge on any atom is 0.305 e. The van der Waals surface area contributed by atoms with Gasteiger partial charge in [0.15, 0.2) is 5.13 Å². The number of furan rings is 1. The Balaban J connectivity index is 1.88. The normalized spacial score (nSPS) is 12.1. The zero-order valence-corrected chi connectivity index (χ0v) is 11.7. The van der Waals surface area contributed by atoms with Crippen LogP contribution < -0.4 is 5.32 Å². The lowest BCUT2D eigenvalue weighted by Crippen LogP contribution is -2.05. The Bertz CT molecular complexity index is 522. The topological polar surface area (TPSA) is 64.4 Å². The molecule has 102 valence electrons. The molecular formula is C13H16N2O3S. The molecule has 0 amide bonds. The van der Waals surface area contributed by atoms with E-state index in [9.17, 15) is 4.79 Å². The fraction of sp³-hybridized carbons (Fsp3) is 0.385. The second-order valence-corrected chi connectivity index (χ2v) is 4.96. The first-order chi connectivity index (χ1) is 9.19. The Hall–Kier alpha value is -1.82. The average molecular weight is 280 g/mol. The van der Waals surface area contributed by atoms with E-state index in [0.717, 1.165) is 16.6 Å². The number of hydrogen-bond acceptors (Lipinski definition) is 6. The number of anilines is 1. The molecule has 2 heterocycles. The predicted octanol–water partition coefficient (Wildman–Crippen LogP) is 3.01. The van der Waals surface area contributed by atoms with E-state index < -0.39 is 0 Å². The van der Waals surface area contributed by atoms with E-state index in [-0.39, 0.29) is 12.0 Å². The summed E-state index contributed by atoms with van der Waals surface area (Å²) >= 11 is 1.52. The van der Waals surface area contributed by atoms with Crippen LogP contribution in [0.15, 0.2) is 28.2 Å². The van der Waals surface area contributed by atoms with Crippen LogP contribution in [0.25, 0.3) is 0 Å². The third kappa shape index (κ3) is 3.82. The van der Waals surface area contributed by atoms with E-state index in [1.165, 1.54) is 18.4 Å². The van der Waals surface area contributed by atoms with Gasteiger partial charge in [-0.05, 0) is 19.1 Å². The summed E-state index contributed by atoms with van der Waals surface area (Å²) in [6.45, 7) is 2.01. The van der Waals surface area contributed by atoms with Gasteiger partial charge >= 0.3 is 5.97 Å². The SMILES string of the molecule is COC(=O)CCc1csc(NC(C)c2ccco2)n1. The van der Waals surface area contributed by atoms with Crippen molar-refractivity contribution in [1.29, 1.82) is 0 Å². The van der Waals surface area contributed by atoms with Crippen molar-refractivity contribution in [2.24, 2.45) is 0 Å². The highest BCUT2D eigenvalue weighted by Crippen LogP contribution is 2.23. The Labute approximate surface area is 115 Å². The van der Waals surface area contributed by atoms with Crippen LogP contribution >= 0.6 is 11.3 Å². The van der Waals surface area contributed by atoms with Crippen LogP contribution in [0.1, 0.15) is 30.8 Å². The molecule has 1 N–H and O–H groups in total. The lowest BCUT2D eigenvalue weighted by Gasteiger charge is -2.09. The molecule has 19 heavy (non-hydrogen) atoms. The van der Waals surface area contributed by atoms with Gasteiger partial charge in [-0.25, -0.2) is 4.98 Å². The van der Waals surface area contributed by atoms with Crippen molar-refractivity contribution in [3.63, 3.8) is 0 Å². The Morgan fingerprint density at radius 3 is 3.16 bits per heavy atom. The number of thiazole rings is 1. The van der Waals surface area contributed by atoms with Crippen molar-refractivity contribution in [3.05, 3.63) is 35.2 Å². The highest BCUT2D eigenvalue weighted by molar-refractivity contribution is 7.13. The number of aromatic nitrogens is 1. The van der Waals surface area contributed by atoms with Crippen molar-refractivity contribution in [1.82, 2.24) is 4.98 Å². The second kappa shape index (κ2) is 6.38. The van der Waals surface area contributed by atoms with Crippen molar-refractivity contribution in [2.45, 2.75) is 25.8 Å². The number of rotatable bonds is 6. The molecule has 2 aromatic rings. The van der Waals surface area contributed by atoms with Crippen molar-refractivity contribution in [2.75, 3.05) is 12.4 Å². The first-order valence-corrected chi connectivity index (χ1v) is 6.88. The molecule has 2 rings (SSSR count). The monoisotopic (exact) mass is 280 g/mol. The quantitative estimate of drug-likeness (QED) is 0.824. The summed E-state index contributed by atoms with van der Waals surface area (Å²) in [7, 11) is 1.39. The average Bonchev–Trinajstić information content (AvgIpc) is 3.07. The summed E-state index contributed by atoms with van der Waals surface area (Å²) in [5, 5.41) is 6.03. The predicted molar refractivity (Wildman–Crippen MR) is 73.2 cm³/mol. The molecule has 0 saturated carbocycles. The number of hydrogen-bond donors (Lipinski definition) is 1.